The Bertz CT molecular complexity index is 4420. The molecule has 8 nitrogen and oxygen atoms in total. The van der Waals surface area contributed by atoms with Gasteiger partial charge in [0.25, 0.3) is 0 Å². The first kappa shape index (κ1) is 95.4. The third kappa shape index (κ3) is 29.7. The van der Waals surface area contributed by atoms with Crippen LogP contribution in [-0.2, 0) is 64.6 Å². The predicted octanol–water partition coefficient (Wildman–Crippen LogP) is 21.7. The maximum absolute atomic E-state index is 13.5. The summed E-state index contributed by atoms with van der Waals surface area (Å²) >= 11 is 0. The van der Waals surface area contributed by atoms with Crippen LogP contribution in [0.15, 0.2) is 340 Å². The van der Waals surface area contributed by atoms with Crippen LogP contribution in [0.4, 0.5) is 0 Å². The molecule has 17 heteroatoms. The highest BCUT2D eigenvalue weighted by Gasteiger charge is 2.37. The number of hydrogen-bond donors (Lipinski definition) is 0. The van der Waals surface area contributed by atoms with Gasteiger partial charge in [-0.05, 0) is 121 Å². The number of esters is 4. The van der Waals surface area contributed by atoms with Crippen molar-refractivity contribution >= 4 is 159 Å². The lowest BCUT2D eigenvalue weighted by atomic mass is 10.2. The summed E-state index contributed by atoms with van der Waals surface area (Å²) in [4.78, 5) is 54.1. The van der Waals surface area contributed by atoms with E-state index >= 15 is 0 Å². The van der Waals surface area contributed by atoms with E-state index in [0.29, 0.717) is 25.7 Å². The van der Waals surface area contributed by atoms with Gasteiger partial charge in [-0.15, -0.1) is 0 Å². The van der Waals surface area contributed by atoms with Crippen molar-refractivity contribution in [3.05, 3.63) is 362 Å². The Hall–Kier alpha value is -8.68. The van der Waals surface area contributed by atoms with Crippen molar-refractivity contribution in [3.8, 4) is 0 Å². The summed E-state index contributed by atoms with van der Waals surface area (Å²) in [6.07, 6.45) is 9.32. The van der Waals surface area contributed by atoms with E-state index < -0.39 is 72.1 Å². The monoisotopic (exact) mass is 1820 g/mol. The maximum atomic E-state index is 13.5. The molecule has 125 heavy (non-hydrogen) atoms. The summed E-state index contributed by atoms with van der Waals surface area (Å²) in [6, 6.07) is 131. The van der Waals surface area contributed by atoms with E-state index in [1.807, 2.05) is 0 Å². The summed E-state index contributed by atoms with van der Waals surface area (Å²) in [5.74, 6) is -0.622. The third-order valence-corrected chi connectivity index (χ3v) is 55.0. The van der Waals surface area contributed by atoms with Crippen LogP contribution in [0.1, 0.15) is 73.6 Å². The van der Waals surface area contributed by atoms with Gasteiger partial charge in [0.1, 0.15) is 26.4 Å². The topological polar surface area (TPSA) is 105 Å². The lowest BCUT2D eigenvalue weighted by Gasteiger charge is -2.37. The second kappa shape index (κ2) is 47.9. The minimum atomic E-state index is -2.03. The highest BCUT2D eigenvalue weighted by atomic mass is 31.1. The molecule has 0 aliphatic heterocycles. The molecule has 0 bridgehead atoms. The summed E-state index contributed by atoms with van der Waals surface area (Å²) in [5.41, 5.74) is 4.10. The molecule has 0 N–H and O–H groups in total. The SMILES string of the molecule is C[Si](C)(CCC[Si](CCC[Si](C)(C)c1ccc(COC(=O)CCP(c2ccccc2)c2ccccc2)cc1)(CCC[Si](C)(C)c1ccc(COC(=O)CCP(c2ccccc2)c2ccccc2)cc1)CCC[Si](C)(C)c1ccc(COC(=O)CCP(c2ccccc2)c2ccccc2)cc1)c1ccc(COC(=O)CCP(c2ccccc2)c2ccccc2)cc1. The molecular weight excluding hydrogens is 1690 g/mol. The zero-order valence-corrected chi connectivity index (χ0v) is 83.4. The van der Waals surface area contributed by atoms with Crippen molar-refractivity contribution in [2.75, 3.05) is 24.6 Å². The standard InChI is InChI=1S/C108H128O8P4Si5/c1-121(2,101-61-53-89(54-62-101)85-113-105(109)69-73-117(93-37-17-9-18-38-93)94-39-19-10-20-40-94)77-33-81-125(82-34-78-122(3,4)102-63-55-90(56-64-102)86-114-106(110)70-74-118(95-41-21-11-22-42-95)96-43-23-12-24-44-96,83-35-79-123(5,6)103-65-57-91(58-66-103)87-115-107(111)71-75-119(97-45-25-13-26-46-97)98-47-27-14-28-48-98)84-36-80-124(7,8)104-67-59-92(60-68-104)88-116-108(112)72-76-120(99-49-29-15-30-50-99)100-51-31-16-32-52-100/h9-32,37-68H,33-36,69-88H2,1-8H3. The summed E-state index contributed by atoms with van der Waals surface area (Å²) in [5, 5.41) is 16.0. The van der Waals surface area contributed by atoms with Gasteiger partial charge in [0.2, 0.25) is 0 Å². The Morgan fingerprint density at radius 3 is 0.512 bits per heavy atom. The fraction of sp³-hybridized carbons (Fsp3) is 0.296. The molecule has 0 spiro atoms. The molecular formula is C108H128O8P4Si5. The largest absolute Gasteiger partial charge is 0.461 e. The van der Waals surface area contributed by atoms with Crippen molar-refractivity contribution in [2.45, 2.75) is 179 Å². The second-order valence-electron chi connectivity index (χ2n) is 36.2. The first-order valence-electron chi connectivity index (χ1n) is 45.1. The van der Waals surface area contributed by atoms with E-state index in [-0.39, 0.29) is 50.3 Å². The zero-order valence-electron chi connectivity index (χ0n) is 74.9. The Morgan fingerprint density at radius 1 is 0.208 bits per heavy atom. The molecule has 0 aromatic heterocycles. The van der Waals surface area contributed by atoms with Crippen LogP contribution in [0.3, 0.4) is 0 Å². The van der Waals surface area contributed by atoms with E-state index in [4.69, 9.17) is 18.9 Å². The predicted molar refractivity (Wildman–Crippen MR) is 550 cm³/mol. The molecule has 0 saturated heterocycles. The second-order valence-corrected chi connectivity index (χ2v) is 69.9. The third-order valence-electron chi connectivity index (χ3n) is 25.3. The van der Waals surface area contributed by atoms with E-state index in [9.17, 15) is 19.2 Å². The molecule has 0 radical (unpaired) electrons. The molecule has 0 saturated carbocycles. The number of benzene rings is 12. The minimum Gasteiger partial charge on any atom is -0.461 e. The van der Waals surface area contributed by atoms with Gasteiger partial charge in [0.15, 0.2) is 0 Å². The molecule has 0 aliphatic rings. The van der Waals surface area contributed by atoms with Gasteiger partial charge in [-0.2, -0.15) is 0 Å². The minimum absolute atomic E-state index is 0.156. The first-order chi connectivity index (χ1) is 60.6. The first-order valence-corrected chi connectivity index (χ1v) is 66.8. The van der Waals surface area contributed by atoms with E-state index in [1.54, 1.807) is 0 Å². The molecule has 0 unspecified atom stereocenters. The lowest BCUT2D eigenvalue weighted by Crippen LogP contribution is -2.44. The Kier molecular flexibility index (Phi) is 36.6. The van der Waals surface area contributed by atoms with Gasteiger partial charge >= 0.3 is 23.9 Å². The smallest absolute Gasteiger partial charge is 0.306 e. The number of rotatable bonds is 48. The van der Waals surface area contributed by atoms with Gasteiger partial charge in [-0.3, -0.25) is 19.2 Å². The molecule has 12 aromatic carbocycles. The van der Waals surface area contributed by atoms with Gasteiger partial charge in [0.05, 0.1) is 66.1 Å². The van der Waals surface area contributed by atoms with Crippen molar-refractivity contribution < 1.29 is 38.1 Å². The van der Waals surface area contributed by atoms with Crippen LogP contribution in [0.2, 0.25) is 101 Å². The number of carbonyl (C=O) groups is 4. The van der Waals surface area contributed by atoms with Gasteiger partial charge in [-0.1, -0.05) is 487 Å². The number of carbonyl (C=O) groups excluding carboxylic acids is 4. The van der Waals surface area contributed by atoms with E-state index in [0.717, 1.165) is 46.9 Å². The Balaban J connectivity index is 0.736. The molecule has 648 valence electrons. The Labute approximate surface area is 756 Å². The lowest BCUT2D eigenvalue weighted by molar-refractivity contribution is -0.145. The zero-order chi connectivity index (χ0) is 87.8. The fourth-order valence-corrected chi connectivity index (χ4v) is 42.8. The van der Waals surface area contributed by atoms with Crippen molar-refractivity contribution in [1.29, 1.82) is 0 Å². The van der Waals surface area contributed by atoms with Crippen LogP contribution in [0.25, 0.3) is 0 Å². The average molecular weight is 1820 g/mol. The molecule has 0 fully saturated rings. The quantitative estimate of drug-likeness (QED) is 0.0161. The summed E-state index contributed by atoms with van der Waals surface area (Å²) in [7, 11) is -12.6. The van der Waals surface area contributed by atoms with Crippen molar-refractivity contribution in [2.24, 2.45) is 0 Å². The fourth-order valence-electron chi connectivity index (χ4n) is 17.4. The van der Waals surface area contributed by atoms with Gasteiger partial charge in [0, 0.05) is 0 Å². The molecule has 12 rings (SSSR count). The van der Waals surface area contributed by atoms with Crippen molar-refractivity contribution in [1.82, 2.24) is 0 Å². The summed E-state index contributed by atoms with van der Waals surface area (Å²) < 4.78 is 24.1. The summed E-state index contributed by atoms with van der Waals surface area (Å²) in [6.45, 7) is 21.6. The van der Waals surface area contributed by atoms with Crippen LogP contribution in [-0.4, -0.2) is 88.9 Å². The molecule has 0 aliphatic carbocycles. The van der Waals surface area contributed by atoms with Crippen LogP contribution < -0.4 is 63.2 Å². The van der Waals surface area contributed by atoms with Gasteiger partial charge < -0.3 is 18.9 Å². The van der Waals surface area contributed by atoms with Crippen LogP contribution in [0, 0.1) is 0 Å². The van der Waals surface area contributed by atoms with Gasteiger partial charge in [-0.25, -0.2) is 0 Å². The molecule has 0 atom stereocenters. The molecule has 12 aromatic rings. The van der Waals surface area contributed by atoms with Crippen molar-refractivity contribution in [3.63, 3.8) is 0 Å². The maximum Gasteiger partial charge on any atom is 0.306 e. The molecule has 0 heterocycles. The highest BCUT2D eigenvalue weighted by Crippen LogP contribution is 2.41. The number of hydrogen-bond acceptors (Lipinski definition) is 8. The Morgan fingerprint density at radius 2 is 0.360 bits per heavy atom. The highest BCUT2D eigenvalue weighted by molar-refractivity contribution is 7.74. The number of ether oxygens (including phenoxy) is 4. The average Bonchev–Trinajstić information content (AvgIpc) is 0.825. The molecule has 0 amide bonds. The van der Waals surface area contributed by atoms with Crippen LogP contribution in [0.5, 0.6) is 0 Å². The normalized spacial score (nSPS) is 12.1. The van der Waals surface area contributed by atoms with E-state index in [1.165, 1.54) is 137 Å². The van der Waals surface area contributed by atoms with E-state index in [2.05, 4.69) is 392 Å². The van der Waals surface area contributed by atoms with Crippen LogP contribution >= 0.6 is 31.7 Å².